The Kier molecular flexibility index (Phi) is 7.56. The van der Waals surface area contributed by atoms with Crippen LogP contribution in [0.1, 0.15) is 15.9 Å². The van der Waals surface area contributed by atoms with Gasteiger partial charge in [-0.1, -0.05) is 29.8 Å². The topological polar surface area (TPSA) is 76.7 Å². The summed E-state index contributed by atoms with van der Waals surface area (Å²) in [6.07, 6.45) is 0. The number of benzene rings is 3. The molecule has 0 aromatic heterocycles. The fourth-order valence-electron chi connectivity index (χ4n) is 2.87. The summed E-state index contributed by atoms with van der Waals surface area (Å²) in [7, 11) is 3.09. The molecule has 0 aliphatic rings. The predicted octanol–water partition coefficient (Wildman–Crippen LogP) is 5.00. The van der Waals surface area contributed by atoms with Crippen LogP contribution in [0.3, 0.4) is 0 Å². The third-order valence-corrected chi connectivity index (χ3v) is 5.54. The van der Waals surface area contributed by atoms with Gasteiger partial charge in [0.1, 0.15) is 0 Å². The smallest absolute Gasteiger partial charge is 0.256 e. The number of amides is 2. The molecule has 0 heterocycles. The van der Waals surface area contributed by atoms with Gasteiger partial charge in [0.2, 0.25) is 5.91 Å². The second-order valence-electron chi connectivity index (χ2n) is 6.72. The Morgan fingerprint density at radius 1 is 0.839 bits per heavy atom. The highest BCUT2D eigenvalue weighted by molar-refractivity contribution is 8.00. The second-order valence-corrected chi connectivity index (χ2v) is 7.74. The number of carbonyl (C=O) groups is 2. The summed E-state index contributed by atoms with van der Waals surface area (Å²) in [4.78, 5) is 25.9. The normalized spacial score (nSPS) is 10.3. The summed E-state index contributed by atoms with van der Waals surface area (Å²) in [5, 5.41) is 5.73. The number of rotatable bonds is 8. The Balaban J connectivity index is 1.63. The van der Waals surface area contributed by atoms with Crippen molar-refractivity contribution in [2.45, 2.75) is 11.8 Å². The molecule has 2 N–H and O–H groups in total. The quantitative estimate of drug-likeness (QED) is 0.486. The van der Waals surface area contributed by atoms with E-state index < -0.39 is 0 Å². The minimum Gasteiger partial charge on any atom is -0.493 e. The number of thioether (sulfide) groups is 1. The fraction of sp³-hybridized carbons (Fsp3) is 0.167. The van der Waals surface area contributed by atoms with Gasteiger partial charge in [0.05, 0.1) is 25.5 Å². The van der Waals surface area contributed by atoms with Gasteiger partial charge in [-0.25, -0.2) is 0 Å². The monoisotopic (exact) mass is 436 g/mol. The molecule has 0 radical (unpaired) electrons. The summed E-state index contributed by atoms with van der Waals surface area (Å²) < 4.78 is 10.5. The van der Waals surface area contributed by atoms with Crippen LogP contribution < -0.4 is 20.1 Å². The number of ether oxygens (including phenoxy) is 2. The lowest BCUT2D eigenvalue weighted by Crippen LogP contribution is -2.16. The minimum absolute atomic E-state index is 0.156. The van der Waals surface area contributed by atoms with E-state index in [1.165, 1.54) is 18.9 Å². The van der Waals surface area contributed by atoms with Gasteiger partial charge >= 0.3 is 0 Å². The number of methoxy groups -OCH3 is 2. The standard InChI is InChI=1S/C24H24N2O4S/c1-16-8-10-17(11-9-16)26-24(28)19-6-4-5-7-22(19)31-15-23(27)25-18-12-13-20(29-2)21(14-18)30-3/h4-14H,15H2,1-3H3,(H,25,27)(H,26,28). The predicted molar refractivity (Wildman–Crippen MR) is 124 cm³/mol. The van der Waals surface area contributed by atoms with Crippen LogP contribution in [0.2, 0.25) is 0 Å². The van der Waals surface area contributed by atoms with Crippen molar-refractivity contribution in [3.05, 3.63) is 77.9 Å². The molecule has 7 heteroatoms. The van der Waals surface area contributed by atoms with Crippen molar-refractivity contribution < 1.29 is 19.1 Å². The van der Waals surface area contributed by atoms with E-state index in [4.69, 9.17) is 9.47 Å². The molecule has 0 fully saturated rings. The molecule has 0 atom stereocenters. The van der Waals surface area contributed by atoms with Gasteiger partial charge < -0.3 is 20.1 Å². The first-order valence-corrected chi connectivity index (χ1v) is 10.6. The average molecular weight is 437 g/mol. The zero-order chi connectivity index (χ0) is 22.2. The molecular weight excluding hydrogens is 412 g/mol. The summed E-state index contributed by atoms with van der Waals surface area (Å²) in [5.41, 5.74) is 2.97. The highest BCUT2D eigenvalue weighted by Crippen LogP contribution is 2.30. The molecular formula is C24H24N2O4S. The van der Waals surface area contributed by atoms with Crippen molar-refractivity contribution in [3.8, 4) is 11.5 Å². The van der Waals surface area contributed by atoms with Crippen LogP contribution >= 0.6 is 11.8 Å². The summed E-state index contributed by atoms with van der Waals surface area (Å²) >= 11 is 1.30. The Bertz CT molecular complexity index is 1070. The van der Waals surface area contributed by atoms with Crippen LogP contribution in [0, 0.1) is 6.92 Å². The molecule has 0 spiro atoms. The molecule has 0 saturated carbocycles. The lowest BCUT2D eigenvalue weighted by atomic mass is 10.2. The molecule has 0 unspecified atom stereocenters. The molecule has 3 rings (SSSR count). The highest BCUT2D eigenvalue weighted by atomic mass is 32.2. The number of nitrogens with one attached hydrogen (secondary N) is 2. The number of hydrogen-bond donors (Lipinski definition) is 2. The van der Waals surface area contributed by atoms with Crippen LogP contribution in [0.5, 0.6) is 11.5 Å². The lowest BCUT2D eigenvalue weighted by Gasteiger charge is -2.12. The number of aryl methyl sites for hydroxylation is 1. The van der Waals surface area contributed by atoms with E-state index in [0.717, 1.165) is 16.1 Å². The van der Waals surface area contributed by atoms with Crippen LogP contribution in [-0.4, -0.2) is 31.8 Å². The SMILES string of the molecule is COc1ccc(NC(=O)CSc2ccccc2C(=O)Nc2ccc(C)cc2)cc1OC. The molecule has 0 aliphatic heterocycles. The molecule has 0 saturated heterocycles. The largest absolute Gasteiger partial charge is 0.493 e. The van der Waals surface area contributed by atoms with Gasteiger partial charge in [-0.05, 0) is 43.3 Å². The number of carbonyl (C=O) groups excluding carboxylic acids is 2. The van der Waals surface area contributed by atoms with Crippen LogP contribution in [0.25, 0.3) is 0 Å². The number of hydrogen-bond acceptors (Lipinski definition) is 5. The Hall–Kier alpha value is -3.45. The summed E-state index contributed by atoms with van der Waals surface area (Å²) in [6.45, 7) is 1.99. The molecule has 2 amide bonds. The van der Waals surface area contributed by atoms with Crippen LogP contribution in [-0.2, 0) is 4.79 Å². The van der Waals surface area contributed by atoms with Gasteiger partial charge in [-0.15, -0.1) is 11.8 Å². The molecule has 3 aromatic rings. The number of anilines is 2. The first kappa shape index (κ1) is 22.2. The molecule has 6 nitrogen and oxygen atoms in total. The highest BCUT2D eigenvalue weighted by Gasteiger charge is 2.14. The molecule has 0 bridgehead atoms. The summed E-state index contributed by atoms with van der Waals surface area (Å²) in [5.74, 6) is 0.871. The average Bonchev–Trinajstić information content (AvgIpc) is 2.79. The van der Waals surface area contributed by atoms with Crippen molar-refractivity contribution >= 4 is 35.0 Å². The van der Waals surface area contributed by atoms with Crippen LogP contribution in [0.15, 0.2) is 71.6 Å². The van der Waals surface area contributed by atoms with E-state index in [0.29, 0.717) is 22.7 Å². The Morgan fingerprint density at radius 3 is 2.23 bits per heavy atom. The van der Waals surface area contributed by atoms with E-state index >= 15 is 0 Å². The van der Waals surface area contributed by atoms with Gasteiger partial charge in [-0.3, -0.25) is 9.59 Å². The zero-order valence-corrected chi connectivity index (χ0v) is 18.4. The lowest BCUT2D eigenvalue weighted by molar-refractivity contribution is -0.113. The summed E-state index contributed by atoms with van der Waals surface area (Å²) in [6, 6.07) is 20.0. The molecule has 3 aromatic carbocycles. The minimum atomic E-state index is -0.216. The molecule has 0 aliphatic carbocycles. The van der Waals surface area contributed by atoms with Crippen molar-refractivity contribution in [3.63, 3.8) is 0 Å². The van der Waals surface area contributed by atoms with Crippen molar-refractivity contribution in [2.75, 3.05) is 30.6 Å². The van der Waals surface area contributed by atoms with Gasteiger partial charge in [0.15, 0.2) is 11.5 Å². The van der Waals surface area contributed by atoms with E-state index in [2.05, 4.69) is 10.6 Å². The first-order chi connectivity index (χ1) is 15.0. The van der Waals surface area contributed by atoms with E-state index in [9.17, 15) is 9.59 Å². The van der Waals surface area contributed by atoms with E-state index in [1.54, 1.807) is 37.4 Å². The van der Waals surface area contributed by atoms with E-state index in [1.807, 2.05) is 43.3 Å². The second kappa shape index (κ2) is 10.5. The Labute approximate surface area is 186 Å². The van der Waals surface area contributed by atoms with E-state index in [-0.39, 0.29) is 17.6 Å². The Morgan fingerprint density at radius 2 is 1.52 bits per heavy atom. The maximum atomic E-state index is 12.7. The maximum absolute atomic E-state index is 12.7. The fourth-order valence-corrected chi connectivity index (χ4v) is 3.72. The molecule has 160 valence electrons. The third-order valence-electron chi connectivity index (χ3n) is 4.47. The van der Waals surface area contributed by atoms with Crippen molar-refractivity contribution in [1.82, 2.24) is 0 Å². The van der Waals surface area contributed by atoms with Crippen LogP contribution in [0.4, 0.5) is 11.4 Å². The zero-order valence-electron chi connectivity index (χ0n) is 17.6. The van der Waals surface area contributed by atoms with Crippen molar-refractivity contribution in [1.29, 1.82) is 0 Å². The third kappa shape index (κ3) is 6.02. The first-order valence-electron chi connectivity index (χ1n) is 9.62. The van der Waals surface area contributed by atoms with Gasteiger partial charge in [-0.2, -0.15) is 0 Å². The van der Waals surface area contributed by atoms with Gasteiger partial charge in [0, 0.05) is 22.3 Å². The van der Waals surface area contributed by atoms with Gasteiger partial charge in [0.25, 0.3) is 5.91 Å². The molecule has 31 heavy (non-hydrogen) atoms. The maximum Gasteiger partial charge on any atom is 0.256 e. The van der Waals surface area contributed by atoms with Crippen molar-refractivity contribution in [2.24, 2.45) is 0 Å².